The number of carbonyl (C=O) groups excluding carboxylic acids is 3. The number of nitrogens with zero attached hydrogens (tertiary/aromatic N) is 2. The maximum atomic E-state index is 12.5. The second kappa shape index (κ2) is 7.77. The summed E-state index contributed by atoms with van der Waals surface area (Å²) in [6, 6.07) is 9.47. The van der Waals surface area contributed by atoms with Gasteiger partial charge in [0.05, 0.1) is 12.7 Å². The average Bonchev–Trinajstić information content (AvgIpc) is 3.22. The maximum absolute atomic E-state index is 12.5. The van der Waals surface area contributed by atoms with E-state index < -0.39 is 5.97 Å². The van der Waals surface area contributed by atoms with Crippen LogP contribution in [0.2, 0.25) is 0 Å². The number of benzene rings is 1. The van der Waals surface area contributed by atoms with Gasteiger partial charge in [-0.2, -0.15) is 0 Å². The molecule has 134 valence electrons. The van der Waals surface area contributed by atoms with E-state index in [4.69, 9.17) is 0 Å². The van der Waals surface area contributed by atoms with Gasteiger partial charge in [-0.05, 0) is 43.2 Å². The summed E-state index contributed by atoms with van der Waals surface area (Å²) in [5.41, 5.74) is 1.38. The molecule has 7 heteroatoms. The number of likely N-dealkylation sites (tertiary alicyclic amines) is 1. The van der Waals surface area contributed by atoms with Gasteiger partial charge in [-0.3, -0.25) is 14.6 Å². The Morgan fingerprint density at radius 1 is 1.08 bits per heavy atom. The first kappa shape index (κ1) is 17.6. The lowest BCUT2D eigenvalue weighted by molar-refractivity contribution is 0.0600. The molecule has 2 aromatic rings. The normalized spacial score (nSPS) is 13.3. The van der Waals surface area contributed by atoms with Crippen molar-refractivity contribution in [1.82, 2.24) is 9.88 Å². The fourth-order valence-corrected chi connectivity index (χ4v) is 2.82. The van der Waals surface area contributed by atoms with Crippen molar-refractivity contribution in [1.29, 1.82) is 0 Å². The Hall–Kier alpha value is -3.22. The van der Waals surface area contributed by atoms with Gasteiger partial charge in [0.25, 0.3) is 11.8 Å². The summed E-state index contributed by atoms with van der Waals surface area (Å²) in [5, 5.41) is 2.71. The van der Waals surface area contributed by atoms with Crippen molar-refractivity contribution >= 4 is 23.5 Å². The molecular formula is C19H19N3O4. The minimum Gasteiger partial charge on any atom is -0.465 e. The van der Waals surface area contributed by atoms with Crippen molar-refractivity contribution in [2.75, 3.05) is 25.5 Å². The SMILES string of the molecule is COC(=O)c1cccc(NC(=O)c2ccnc(C(=O)N3CCCC3)c2)c1. The summed E-state index contributed by atoms with van der Waals surface area (Å²) in [6.45, 7) is 1.44. The first-order chi connectivity index (χ1) is 12.6. The lowest BCUT2D eigenvalue weighted by Gasteiger charge is -2.14. The predicted octanol–water partition coefficient (Wildman–Crippen LogP) is 2.36. The van der Waals surface area contributed by atoms with Gasteiger partial charge in [-0.1, -0.05) is 6.07 Å². The van der Waals surface area contributed by atoms with Crippen LogP contribution in [0.1, 0.15) is 44.0 Å². The first-order valence-corrected chi connectivity index (χ1v) is 8.33. The molecule has 1 aliphatic rings. The summed E-state index contributed by atoms with van der Waals surface area (Å²) >= 11 is 0. The molecule has 2 amide bonds. The van der Waals surface area contributed by atoms with Gasteiger partial charge in [0.15, 0.2) is 0 Å². The van der Waals surface area contributed by atoms with Crippen LogP contribution >= 0.6 is 0 Å². The van der Waals surface area contributed by atoms with Crippen molar-refractivity contribution in [2.45, 2.75) is 12.8 Å². The van der Waals surface area contributed by atoms with E-state index >= 15 is 0 Å². The van der Waals surface area contributed by atoms with E-state index in [9.17, 15) is 14.4 Å². The highest BCUT2D eigenvalue weighted by atomic mass is 16.5. The van der Waals surface area contributed by atoms with Gasteiger partial charge in [-0.25, -0.2) is 4.79 Å². The second-order valence-corrected chi connectivity index (χ2v) is 5.96. The number of methoxy groups -OCH3 is 1. The predicted molar refractivity (Wildman–Crippen MR) is 95.1 cm³/mol. The molecule has 0 radical (unpaired) electrons. The summed E-state index contributed by atoms with van der Waals surface area (Å²) in [5.74, 6) is -1.03. The zero-order valence-electron chi connectivity index (χ0n) is 14.4. The van der Waals surface area contributed by atoms with Crippen molar-refractivity contribution < 1.29 is 19.1 Å². The molecule has 1 saturated heterocycles. The third-order valence-electron chi connectivity index (χ3n) is 4.18. The number of rotatable bonds is 4. The summed E-state index contributed by atoms with van der Waals surface area (Å²) in [7, 11) is 1.30. The van der Waals surface area contributed by atoms with Crippen LogP contribution in [0.15, 0.2) is 42.6 Å². The quantitative estimate of drug-likeness (QED) is 0.853. The second-order valence-electron chi connectivity index (χ2n) is 5.96. The van der Waals surface area contributed by atoms with E-state index in [0.717, 1.165) is 25.9 Å². The number of hydrogen-bond acceptors (Lipinski definition) is 5. The molecule has 26 heavy (non-hydrogen) atoms. The van der Waals surface area contributed by atoms with E-state index in [1.807, 2.05) is 0 Å². The molecule has 7 nitrogen and oxygen atoms in total. The van der Waals surface area contributed by atoms with Gasteiger partial charge in [0.2, 0.25) is 0 Å². The van der Waals surface area contributed by atoms with Crippen LogP contribution in [0.25, 0.3) is 0 Å². The molecule has 1 fully saturated rings. The molecule has 1 aromatic carbocycles. The van der Waals surface area contributed by atoms with E-state index in [2.05, 4.69) is 15.0 Å². The minimum atomic E-state index is -0.483. The summed E-state index contributed by atoms with van der Waals surface area (Å²) < 4.78 is 4.67. The molecule has 0 saturated carbocycles. The Labute approximate surface area is 151 Å². The molecular weight excluding hydrogens is 334 g/mol. The van der Waals surface area contributed by atoms with Crippen LogP contribution in [0.5, 0.6) is 0 Å². The third kappa shape index (κ3) is 3.88. The van der Waals surface area contributed by atoms with Crippen LogP contribution in [0.3, 0.4) is 0 Å². The fourth-order valence-electron chi connectivity index (χ4n) is 2.82. The number of hydrogen-bond donors (Lipinski definition) is 1. The largest absolute Gasteiger partial charge is 0.465 e. The summed E-state index contributed by atoms with van der Waals surface area (Å²) in [6.07, 6.45) is 3.42. The van der Waals surface area contributed by atoms with Gasteiger partial charge >= 0.3 is 5.97 Å². The lowest BCUT2D eigenvalue weighted by atomic mass is 10.1. The molecule has 0 spiro atoms. The lowest BCUT2D eigenvalue weighted by Crippen LogP contribution is -2.28. The Bertz CT molecular complexity index is 844. The van der Waals surface area contributed by atoms with Gasteiger partial charge in [0.1, 0.15) is 5.69 Å². The zero-order valence-corrected chi connectivity index (χ0v) is 14.4. The number of anilines is 1. The molecule has 1 aliphatic heterocycles. The average molecular weight is 353 g/mol. The van der Waals surface area contributed by atoms with E-state index in [1.165, 1.54) is 25.4 Å². The Morgan fingerprint density at radius 3 is 2.58 bits per heavy atom. The molecule has 1 N–H and O–H groups in total. The van der Waals surface area contributed by atoms with Crippen molar-refractivity contribution in [3.05, 3.63) is 59.4 Å². The Balaban J connectivity index is 1.75. The van der Waals surface area contributed by atoms with Crippen LogP contribution in [-0.4, -0.2) is 47.9 Å². The number of esters is 1. The monoisotopic (exact) mass is 353 g/mol. The summed E-state index contributed by atoms with van der Waals surface area (Å²) in [4.78, 5) is 42.3. The highest BCUT2D eigenvalue weighted by molar-refractivity contribution is 6.06. The van der Waals surface area contributed by atoms with Gasteiger partial charge < -0.3 is 15.0 Å². The standard InChI is InChI=1S/C19H19N3O4/c1-26-19(25)14-5-4-6-15(11-14)21-17(23)13-7-8-20-16(12-13)18(24)22-9-2-3-10-22/h4-8,11-12H,2-3,9-10H2,1H3,(H,21,23). The number of ether oxygens (including phenoxy) is 1. The van der Waals surface area contributed by atoms with Crippen LogP contribution in [-0.2, 0) is 4.74 Å². The van der Waals surface area contributed by atoms with Crippen LogP contribution in [0, 0.1) is 0 Å². The van der Waals surface area contributed by atoms with E-state index in [0.29, 0.717) is 16.8 Å². The Morgan fingerprint density at radius 2 is 1.85 bits per heavy atom. The number of aromatic nitrogens is 1. The van der Waals surface area contributed by atoms with Gasteiger partial charge in [-0.15, -0.1) is 0 Å². The van der Waals surface area contributed by atoms with Crippen molar-refractivity contribution in [3.63, 3.8) is 0 Å². The third-order valence-corrected chi connectivity index (χ3v) is 4.18. The molecule has 2 heterocycles. The number of nitrogens with one attached hydrogen (secondary N) is 1. The topological polar surface area (TPSA) is 88.6 Å². The smallest absolute Gasteiger partial charge is 0.337 e. The zero-order chi connectivity index (χ0) is 18.5. The molecule has 0 unspecified atom stereocenters. The number of pyridine rings is 1. The van der Waals surface area contributed by atoms with Crippen molar-refractivity contribution in [2.24, 2.45) is 0 Å². The van der Waals surface area contributed by atoms with Crippen LogP contribution in [0.4, 0.5) is 5.69 Å². The molecule has 0 aliphatic carbocycles. The first-order valence-electron chi connectivity index (χ1n) is 8.33. The highest BCUT2D eigenvalue weighted by Gasteiger charge is 2.21. The van der Waals surface area contributed by atoms with E-state index in [1.54, 1.807) is 29.2 Å². The molecule has 1 aromatic heterocycles. The maximum Gasteiger partial charge on any atom is 0.337 e. The van der Waals surface area contributed by atoms with E-state index in [-0.39, 0.29) is 17.5 Å². The number of amides is 2. The highest BCUT2D eigenvalue weighted by Crippen LogP contribution is 2.15. The Kier molecular flexibility index (Phi) is 5.26. The molecule has 0 atom stereocenters. The molecule has 0 bridgehead atoms. The van der Waals surface area contributed by atoms with Crippen LogP contribution < -0.4 is 5.32 Å². The number of carbonyl (C=O) groups is 3. The van der Waals surface area contributed by atoms with Gasteiger partial charge in [0, 0.05) is 30.5 Å². The molecule has 3 rings (SSSR count). The van der Waals surface area contributed by atoms with Crippen molar-refractivity contribution in [3.8, 4) is 0 Å². The fraction of sp³-hybridized carbons (Fsp3) is 0.263. The minimum absolute atomic E-state index is 0.162.